The number of aromatic nitrogens is 4. The Labute approximate surface area is 163 Å². The van der Waals surface area contributed by atoms with Crippen LogP contribution in [0.25, 0.3) is 17.1 Å². The van der Waals surface area contributed by atoms with E-state index in [2.05, 4.69) is 25.4 Å². The topological polar surface area (TPSA) is 85.2 Å². The van der Waals surface area contributed by atoms with Gasteiger partial charge in [0.2, 0.25) is 5.91 Å². The molecule has 8 heteroatoms. The number of carbonyl (C=O) groups excluding carboxylic acids is 1. The summed E-state index contributed by atoms with van der Waals surface area (Å²) in [4.78, 5) is 18.9. The third kappa shape index (κ3) is 4.24. The van der Waals surface area contributed by atoms with Crippen molar-refractivity contribution in [2.24, 2.45) is 0 Å². The summed E-state index contributed by atoms with van der Waals surface area (Å²) in [7, 11) is 0. The van der Waals surface area contributed by atoms with Crippen molar-refractivity contribution in [2.45, 2.75) is 6.42 Å². The first-order valence-electron chi connectivity index (χ1n) is 9.28. The highest BCUT2D eigenvalue weighted by atomic mass is 16.5. The molecule has 1 aliphatic heterocycles. The predicted octanol–water partition coefficient (Wildman–Crippen LogP) is 1.28. The van der Waals surface area contributed by atoms with E-state index in [0.717, 1.165) is 24.3 Å². The van der Waals surface area contributed by atoms with Gasteiger partial charge in [-0.2, -0.15) is 0 Å². The molecule has 0 bridgehead atoms. The molecule has 1 N–H and O–H groups in total. The molecule has 1 aromatic carbocycles. The van der Waals surface area contributed by atoms with Gasteiger partial charge in [0.15, 0.2) is 5.82 Å². The molecule has 144 valence electrons. The van der Waals surface area contributed by atoms with Crippen LogP contribution < -0.4 is 5.32 Å². The van der Waals surface area contributed by atoms with Crippen LogP contribution in [-0.2, 0) is 16.0 Å². The highest BCUT2D eigenvalue weighted by Crippen LogP contribution is 2.22. The fourth-order valence-electron chi connectivity index (χ4n) is 3.13. The van der Waals surface area contributed by atoms with Gasteiger partial charge in [-0.05, 0) is 24.3 Å². The van der Waals surface area contributed by atoms with Crippen LogP contribution in [0.15, 0.2) is 54.9 Å². The van der Waals surface area contributed by atoms with Gasteiger partial charge >= 0.3 is 0 Å². The zero-order valence-corrected chi connectivity index (χ0v) is 15.5. The Morgan fingerprint density at radius 2 is 1.89 bits per heavy atom. The van der Waals surface area contributed by atoms with Crippen molar-refractivity contribution in [3.8, 4) is 17.1 Å². The maximum absolute atomic E-state index is 12.5. The Bertz CT molecular complexity index is 907. The van der Waals surface area contributed by atoms with Gasteiger partial charge in [-0.3, -0.25) is 19.2 Å². The van der Waals surface area contributed by atoms with Crippen molar-refractivity contribution >= 4 is 5.91 Å². The Morgan fingerprint density at radius 1 is 1.07 bits per heavy atom. The van der Waals surface area contributed by atoms with E-state index in [9.17, 15) is 4.79 Å². The molecule has 0 saturated carbocycles. The summed E-state index contributed by atoms with van der Waals surface area (Å²) in [6.07, 6.45) is 3.60. The zero-order valence-electron chi connectivity index (χ0n) is 15.5. The van der Waals surface area contributed by atoms with E-state index in [1.807, 2.05) is 47.0 Å². The summed E-state index contributed by atoms with van der Waals surface area (Å²) in [5.41, 5.74) is 1.75. The number of para-hydroxylation sites is 1. The molecule has 1 amide bonds. The highest BCUT2D eigenvalue weighted by Gasteiger charge is 2.19. The number of pyridine rings is 1. The van der Waals surface area contributed by atoms with Gasteiger partial charge in [-0.15, -0.1) is 10.2 Å². The van der Waals surface area contributed by atoms with Crippen LogP contribution in [0.2, 0.25) is 0 Å². The molecule has 3 heterocycles. The normalized spacial score (nSPS) is 14.7. The Hall–Kier alpha value is -3.10. The monoisotopic (exact) mass is 378 g/mol. The number of hydrogen-bond acceptors (Lipinski definition) is 6. The Morgan fingerprint density at radius 3 is 2.64 bits per heavy atom. The van der Waals surface area contributed by atoms with E-state index in [-0.39, 0.29) is 12.3 Å². The maximum Gasteiger partial charge on any atom is 0.228 e. The molecule has 8 nitrogen and oxygen atoms in total. The number of benzene rings is 1. The van der Waals surface area contributed by atoms with Gasteiger partial charge in [0, 0.05) is 36.7 Å². The first-order valence-corrected chi connectivity index (χ1v) is 9.28. The molecule has 4 rings (SSSR count). The van der Waals surface area contributed by atoms with Crippen LogP contribution in [0, 0.1) is 0 Å². The van der Waals surface area contributed by atoms with Gasteiger partial charge in [0.1, 0.15) is 5.82 Å². The number of amides is 1. The molecule has 1 aliphatic rings. The van der Waals surface area contributed by atoms with Crippen molar-refractivity contribution in [3.05, 3.63) is 60.7 Å². The minimum Gasteiger partial charge on any atom is -0.379 e. The first-order chi connectivity index (χ1) is 13.8. The van der Waals surface area contributed by atoms with E-state index in [1.165, 1.54) is 0 Å². The lowest BCUT2D eigenvalue weighted by atomic mass is 10.2. The van der Waals surface area contributed by atoms with E-state index >= 15 is 0 Å². The number of hydrogen-bond donors (Lipinski definition) is 1. The van der Waals surface area contributed by atoms with Crippen LogP contribution in [0.5, 0.6) is 0 Å². The van der Waals surface area contributed by atoms with E-state index in [4.69, 9.17) is 4.74 Å². The van der Waals surface area contributed by atoms with Gasteiger partial charge in [0.25, 0.3) is 0 Å². The highest BCUT2D eigenvalue weighted by molar-refractivity contribution is 5.78. The van der Waals surface area contributed by atoms with E-state index in [0.29, 0.717) is 31.5 Å². The van der Waals surface area contributed by atoms with Gasteiger partial charge in [-0.1, -0.05) is 18.2 Å². The van der Waals surface area contributed by atoms with E-state index < -0.39 is 0 Å². The summed E-state index contributed by atoms with van der Waals surface area (Å²) < 4.78 is 7.24. The lowest BCUT2D eigenvalue weighted by Crippen LogP contribution is -2.44. The summed E-state index contributed by atoms with van der Waals surface area (Å²) >= 11 is 0. The summed E-state index contributed by atoms with van der Waals surface area (Å²) in [6, 6.07) is 13.6. The van der Waals surface area contributed by atoms with E-state index in [1.54, 1.807) is 12.4 Å². The molecule has 2 aromatic heterocycles. The van der Waals surface area contributed by atoms with Crippen LogP contribution in [0.3, 0.4) is 0 Å². The van der Waals surface area contributed by atoms with Crippen LogP contribution >= 0.6 is 0 Å². The second-order valence-electron chi connectivity index (χ2n) is 6.52. The smallest absolute Gasteiger partial charge is 0.228 e. The molecule has 28 heavy (non-hydrogen) atoms. The Balaban J connectivity index is 1.55. The zero-order chi connectivity index (χ0) is 19.2. The second-order valence-corrected chi connectivity index (χ2v) is 6.52. The fraction of sp³-hybridized carbons (Fsp3) is 0.300. The number of rotatable bonds is 6. The number of ether oxygens (including phenoxy) is 1. The molecule has 3 aromatic rings. The molecule has 0 radical (unpaired) electrons. The first kappa shape index (κ1) is 18.3. The van der Waals surface area contributed by atoms with Gasteiger partial charge < -0.3 is 10.1 Å². The minimum atomic E-state index is -0.0891. The average Bonchev–Trinajstić information content (AvgIpc) is 3.17. The standard InChI is InChI=1S/C20H22N6O2/c27-19(22-15-25-9-11-28-12-10-25)13-18-23-24-20(16-5-4-8-21-14-16)26(18)17-6-2-1-3-7-17/h1-8,14H,9-13,15H2,(H,22,27). The SMILES string of the molecule is O=C(Cc1nnc(-c2cccnc2)n1-c1ccccc1)NCN1CCOCC1. The molecule has 0 atom stereocenters. The molecular formula is C20H22N6O2. The van der Waals surface area contributed by atoms with Crippen molar-refractivity contribution in [1.82, 2.24) is 30.0 Å². The third-order valence-corrected chi connectivity index (χ3v) is 4.59. The number of nitrogens with zero attached hydrogens (tertiary/aromatic N) is 5. The third-order valence-electron chi connectivity index (χ3n) is 4.59. The van der Waals surface area contributed by atoms with Gasteiger partial charge in [-0.25, -0.2) is 0 Å². The molecule has 1 saturated heterocycles. The van der Waals surface area contributed by atoms with Crippen molar-refractivity contribution in [2.75, 3.05) is 33.0 Å². The molecule has 0 unspecified atom stereocenters. The average molecular weight is 378 g/mol. The largest absolute Gasteiger partial charge is 0.379 e. The fourth-order valence-corrected chi connectivity index (χ4v) is 3.13. The number of carbonyl (C=O) groups is 1. The molecule has 0 aliphatic carbocycles. The Kier molecular flexibility index (Phi) is 5.69. The maximum atomic E-state index is 12.5. The summed E-state index contributed by atoms with van der Waals surface area (Å²) in [5.74, 6) is 1.16. The van der Waals surface area contributed by atoms with Gasteiger partial charge in [0.05, 0.1) is 26.3 Å². The lowest BCUT2D eigenvalue weighted by molar-refractivity contribution is -0.121. The molecular weight excluding hydrogens is 356 g/mol. The van der Waals surface area contributed by atoms with Crippen LogP contribution in [-0.4, -0.2) is 63.5 Å². The second kappa shape index (κ2) is 8.73. The van der Waals surface area contributed by atoms with Crippen LogP contribution in [0.4, 0.5) is 0 Å². The summed E-state index contributed by atoms with van der Waals surface area (Å²) in [5, 5.41) is 11.6. The summed E-state index contributed by atoms with van der Waals surface area (Å²) in [6.45, 7) is 3.56. The number of morpholine rings is 1. The number of nitrogens with one attached hydrogen (secondary N) is 1. The van der Waals surface area contributed by atoms with Crippen molar-refractivity contribution < 1.29 is 9.53 Å². The van der Waals surface area contributed by atoms with Crippen LogP contribution in [0.1, 0.15) is 5.82 Å². The minimum absolute atomic E-state index is 0.0891. The van der Waals surface area contributed by atoms with Crippen molar-refractivity contribution in [1.29, 1.82) is 0 Å². The predicted molar refractivity (Wildman–Crippen MR) is 104 cm³/mol. The van der Waals surface area contributed by atoms with Crippen molar-refractivity contribution in [3.63, 3.8) is 0 Å². The molecule has 1 fully saturated rings. The lowest BCUT2D eigenvalue weighted by Gasteiger charge is -2.26. The quantitative estimate of drug-likeness (QED) is 0.696. The molecule has 0 spiro atoms.